The molecule has 0 aliphatic carbocycles. The van der Waals surface area contributed by atoms with Gasteiger partial charge in [-0.15, -0.1) is 0 Å². The van der Waals surface area contributed by atoms with Crippen LogP contribution in [0.4, 0.5) is 13.2 Å². The standard InChI is InChI=1S/C14H13ClF3N3O/c1-21-8-10(7-19-21)13(22)20-12(6-14(16,17)18)9-2-4-11(15)5-3-9/h2-5,7-8,12H,6H2,1H3,(H,20,22). The molecule has 0 bridgehead atoms. The first-order valence-corrected chi connectivity index (χ1v) is 6.74. The van der Waals surface area contributed by atoms with Crippen LogP contribution in [0.5, 0.6) is 0 Å². The minimum Gasteiger partial charge on any atom is -0.345 e. The van der Waals surface area contributed by atoms with Gasteiger partial charge in [-0.05, 0) is 17.7 Å². The molecule has 0 radical (unpaired) electrons. The van der Waals surface area contributed by atoms with Crippen LogP contribution in [0, 0.1) is 0 Å². The van der Waals surface area contributed by atoms with Gasteiger partial charge in [-0.2, -0.15) is 18.3 Å². The van der Waals surface area contributed by atoms with Crippen molar-refractivity contribution in [3.8, 4) is 0 Å². The molecule has 22 heavy (non-hydrogen) atoms. The van der Waals surface area contributed by atoms with Crippen molar-refractivity contribution in [3.63, 3.8) is 0 Å². The third-order valence-electron chi connectivity index (χ3n) is 2.98. The number of carbonyl (C=O) groups excluding carboxylic acids is 1. The Morgan fingerprint density at radius 1 is 1.36 bits per heavy atom. The molecule has 1 amide bonds. The van der Waals surface area contributed by atoms with Gasteiger partial charge in [0.1, 0.15) is 0 Å². The molecule has 1 aromatic heterocycles. The number of amides is 1. The first kappa shape index (κ1) is 16.4. The number of carbonyl (C=O) groups is 1. The lowest BCUT2D eigenvalue weighted by Crippen LogP contribution is -2.31. The highest BCUT2D eigenvalue weighted by molar-refractivity contribution is 6.30. The molecule has 0 saturated carbocycles. The predicted molar refractivity (Wildman–Crippen MR) is 75.5 cm³/mol. The molecule has 0 aliphatic heterocycles. The first-order valence-electron chi connectivity index (χ1n) is 6.36. The van der Waals surface area contributed by atoms with Crippen molar-refractivity contribution in [2.24, 2.45) is 7.05 Å². The Labute approximate surface area is 129 Å². The maximum absolute atomic E-state index is 12.7. The number of nitrogens with zero attached hydrogens (tertiary/aromatic N) is 2. The smallest absolute Gasteiger partial charge is 0.345 e. The average Bonchev–Trinajstić information content (AvgIpc) is 2.84. The summed E-state index contributed by atoms with van der Waals surface area (Å²) in [7, 11) is 1.61. The molecule has 2 aromatic rings. The molecular weight excluding hydrogens is 319 g/mol. The van der Waals surface area contributed by atoms with Crippen molar-refractivity contribution in [1.82, 2.24) is 15.1 Å². The highest BCUT2D eigenvalue weighted by atomic mass is 35.5. The van der Waals surface area contributed by atoms with Crippen LogP contribution in [-0.4, -0.2) is 21.9 Å². The average molecular weight is 332 g/mol. The van der Waals surface area contributed by atoms with Crippen LogP contribution >= 0.6 is 11.6 Å². The van der Waals surface area contributed by atoms with Crippen molar-refractivity contribution in [2.45, 2.75) is 18.6 Å². The summed E-state index contributed by atoms with van der Waals surface area (Å²) in [5, 5.41) is 6.61. The summed E-state index contributed by atoms with van der Waals surface area (Å²) in [5.74, 6) is -0.614. The molecule has 1 heterocycles. The Kier molecular flexibility index (Phi) is 4.75. The Morgan fingerprint density at radius 3 is 2.50 bits per heavy atom. The number of aryl methyl sites for hydroxylation is 1. The van der Waals surface area contributed by atoms with Gasteiger partial charge in [0, 0.05) is 18.3 Å². The zero-order valence-electron chi connectivity index (χ0n) is 11.6. The summed E-state index contributed by atoms with van der Waals surface area (Å²) >= 11 is 5.73. The second-order valence-electron chi connectivity index (χ2n) is 4.80. The van der Waals surface area contributed by atoms with Crippen LogP contribution in [-0.2, 0) is 7.05 Å². The molecule has 0 aliphatic rings. The van der Waals surface area contributed by atoms with E-state index in [0.29, 0.717) is 10.6 Å². The van der Waals surface area contributed by atoms with Gasteiger partial charge in [-0.3, -0.25) is 9.48 Å². The second kappa shape index (κ2) is 6.39. The van der Waals surface area contributed by atoms with Crippen LogP contribution in [0.2, 0.25) is 5.02 Å². The molecule has 8 heteroatoms. The molecule has 1 N–H and O–H groups in total. The van der Waals surface area contributed by atoms with Crippen LogP contribution in [0.25, 0.3) is 0 Å². The minimum absolute atomic E-state index is 0.198. The van der Waals surface area contributed by atoms with Gasteiger partial charge < -0.3 is 5.32 Å². The highest BCUT2D eigenvalue weighted by Gasteiger charge is 2.33. The van der Waals surface area contributed by atoms with Gasteiger partial charge in [0.15, 0.2) is 0 Å². The normalized spacial score (nSPS) is 13.0. The van der Waals surface area contributed by atoms with E-state index in [4.69, 9.17) is 11.6 Å². The van der Waals surface area contributed by atoms with Gasteiger partial charge in [0.05, 0.1) is 24.2 Å². The Morgan fingerprint density at radius 2 is 2.00 bits per heavy atom. The summed E-state index contributed by atoms with van der Waals surface area (Å²) in [4.78, 5) is 12.0. The van der Waals surface area contributed by atoms with Crippen LogP contribution < -0.4 is 5.32 Å². The molecule has 2 rings (SSSR count). The number of rotatable bonds is 4. The molecule has 4 nitrogen and oxygen atoms in total. The maximum Gasteiger partial charge on any atom is 0.391 e. The Balaban J connectivity index is 2.21. The molecular formula is C14H13ClF3N3O. The lowest BCUT2D eigenvalue weighted by molar-refractivity contribution is -0.139. The van der Waals surface area contributed by atoms with E-state index in [-0.39, 0.29) is 5.56 Å². The molecule has 0 spiro atoms. The van der Waals surface area contributed by atoms with Crippen molar-refractivity contribution < 1.29 is 18.0 Å². The number of nitrogens with one attached hydrogen (secondary N) is 1. The highest BCUT2D eigenvalue weighted by Crippen LogP contribution is 2.30. The number of hydrogen-bond donors (Lipinski definition) is 1. The third kappa shape index (κ3) is 4.49. The summed E-state index contributed by atoms with van der Waals surface area (Å²) in [6, 6.07) is 4.70. The van der Waals surface area contributed by atoms with Gasteiger partial charge in [0.2, 0.25) is 0 Å². The number of hydrogen-bond acceptors (Lipinski definition) is 2. The van der Waals surface area contributed by atoms with Crippen LogP contribution in [0.15, 0.2) is 36.7 Å². The SMILES string of the molecule is Cn1cc(C(=O)NC(CC(F)(F)F)c2ccc(Cl)cc2)cn1. The van der Waals surface area contributed by atoms with E-state index >= 15 is 0 Å². The number of benzene rings is 1. The number of alkyl halides is 3. The fourth-order valence-electron chi connectivity index (χ4n) is 1.96. The number of aromatic nitrogens is 2. The van der Waals surface area contributed by atoms with Crippen LogP contribution in [0.3, 0.4) is 0 Å². The summed E-state index contributed by atoms with van der Waals surface area (Å²) in [6.45, 7) is 0. The van der Waals surface area contributed by atoms with E-state index in [1.807, 2.05) is 0 Å². The monoisotopic (exact) mass is 331 g/mol. The Bertz CT molecular complexity index is 652. The topological polar surface area (TPSA) is 46.9 Å². The molecule has 0 saturated heterocycles. The molecule has 118 valence electrons. The van der Waals surface area contributed by atoms with Gasteiger partial charge >= 0.3 is 6.18 Å². The number of halogens is 4. The first-order chi connectivity index (χ1) is 10.2. The zero-order chi connectivity index (χ0) is 16.3. The van der Waals surface area contributed by atoms with E-state index in [9.17, 15) is 18.0 Å². The van der Waals surface area contributed by atoms with E-state index in [2.05, 4.69) is 10.4 Å². The lowest BCUT2D eigenvalue weighted by atomic mass is 10.0. The van der Waals surface area contributed by atoms with Crippen LogP contribution in [0.1, 0.15) is 28.4 Å². The molecule has 1 atom stereocenters. The van der Waals surface area contributed by atoms with Crippen molar-refractivity contribution in [3.05, 3.63) is 52.8 Å². The largest absolute Gasteiger partial charge is 0.391 e. The third-order valence-corrected chi connectivity index (χ3v) is 3.23. The fraction of sp³-hybridized carbons (Fsp3) is 0.286. The molecule has 1 aromatic carbocycles. The van der Waals surface area contributed by atoms with E-state index in [1.54, 1.807) is 7.05 Å². The summed E-state index contributed by atoms with van der Waals surface area (Å²) < 4.78 is 39.6. The quantitative estimate of drug-likeness (QED) is 0.932. The van der Waals surface area contributed by atoms with E-state index in [0.717, 1.165) is 0 Å². The maximum atomic E-state index is 12.7. The zero-order valence-corrected chi connectivity index (χ0v) is 12.3. The van der Waals surface area contributed by atoms with Crippen molar-refractivity contribution >= 4 is 17.5 Å². The lowest BCUT2D eigenvalue weighted by Gasteiger charge is -2.20. The van der Waals surface area contributed by atoms with Gasteiger partial charge in [0.25, 0.3) is 5.91 Å². The molecule has 0 fully saturated rings. The second-order valence-corrected chi connectivity index (χ2v) is 5.24. The molecule has 1 unspecified atom stereocenters. The Hall–Kier alpha value is -2.02. The van der Waals surface area contributed by atoms with E-state index in [1.165, 1.54) is 41.3 Å². The predicted octanol–water partition coefficient (Wildman–Crippen LogP) is 3.50. The van der Waals surface area contributed by atoms with Crippen molar-refractivity contribution in [2.75, 3.05) is 0 Å². The summed E-state index contributed by atoms with van der Waals surface area (Å²) in [5.41, 5.74) is 0.530. The fourth-order valence-corrected chi connectivity index (χ4v) is 2.08. The van der Waals surface area contributed by atoms with Crippen molar-refractivity contribution in [1.29, 1.82) is 0 Å². The summed E-state index contributed by atoms with van der Waals surface area (Å²) in [6.07, 6.45) is -2.85. The van der Waals surface area contributed by atoms with Gasteiger partial charge in [-0.1, -0.05) is 23.7 Å². The van der Waals surface area contributed by atoms with E-state index < -0.39 is 24.5 Å². The minimum atomic E-state index is -4.41. The van der Waals surface area contributed by atoms with Gasteiger partial charge in [-0.25, -0.2) is 0 Å².